The van der Waals surface area contributed by atoms with E-state index in [0.29, 0.717) is 30.6 Å². The van der Waals surface area contributed by atoms with Gasteiger partial charge in [0.25, 0.3) is 0 Å². The van der Waals surface area contributed by atoms with Gasteiger partial charge in [0, 0.05) is 13.1 Å². The van der Waals surface area contributed by atoms with Crippen LogP contribution in [0, 0.1) is 5.92 Å². The summed E-state index contributed by atoms with van der Waals surface area (Å²) in [7, 11) is 0. The lowest BCUT2D eigenvalue weighted by molar-refractivity contribution is -0.137. The molecule has 2 aromatic rings. The van der Waals surface area contributed by atoms with Gasteiger partial charge in [0.1, 0.15) is 0 Å². The van der Waals surface area contributed by atoms with Crippen molar-refractivity contribution in [1.29, 1.82) is 0 Å². The molecular formula is C17H22F3N5O. The van der Waals surface area contributed by atoms with Gasteiger partial charge in [-0.1, -0.05) is 19.9 Å². The SMILES string of the molecule is CC(C)C[C@H](c1nnnn1-c1cccc(C(F)(F)F)c1)N1CCOCC1. The van der Waals surface area contributed by atoms with E-state index in [9.17, 15) is 13.2 Å². The predicted molar refractivity (Wildman–Crippen MR) is 88.7 cm³/mol. The lowest BCUT2D eigenvalue weighted by atomic mass is 10.0. The Balaban J connectivity index is 1.97. The van der Waals surface area contributed by atoms with E-state index < -0.39 is 11.7 Å². The predicted octanol–water partition coefficient (Wildman–Crippen LogP) is 3.10. The third-order valence-corrected chi connectivity index (χ3v) is 4.39. The number of hydrogen-bond acceptors (Lipinski definition) is 5. The molecule has 0 bridgehead atoms. The van der Waals surface area contributed by atoms with Gasteiger partial charge in [-0.05, 0) is 41.0 Å². The normalized spacial score (nSPS) is 17.6. The molecule has 1 aromatic carbocycles. The molecule has 0 amide bonds. The molecule has 2 heterocycles. The molecule has 6 nitrogen and oxygen atoms in total. The quantitative estimate of drug-likeness (QED) is 0.811. The van der Waals surface area contributed by atoms with Gasteiger partial charge >= 0.3 is 6.18 Å². The number of morpholine rings is 1. The van der Waals surface area contributed by atoms with E-state index in [1.165, 1.54) is 10.7 Å². The number of rotatable bonds is 5. The number of halogens is 3. The van der Waals surface area contributed by atoms with Crippen LogP contribution in [-0.4, -0.2) is 51.4 Å². The highest BCUT2D eigenvalue weighted by Crippen LogP contribution is 2.32. The van der Waals surface area contributed by atoms with Crippen LogP contribution in [0.15, 0.2) is 24.3 Å². The second-order valence-electron chi connectivity index (χ2n) is 6.79. The van der Waals surface area contributed by atoms with E-state index in [2.05, 4.69) is 34.3 Å². The van der Waals surface area contributed by atoms with Crippen molar-refractivity contribution in [2.24, 2.45) is 5.92 Å². The Morgan fingerprint density at radius 3 is 2.58 bits per heavy atom. The highest BCUT2D eigenvalue weighted by atomic mass is 19.4. The summed E-state index contributed by atoms with van der Waals surface area (Å²) in [5.41, 5.74) is -0.412. The number of benzene rings is 1. The minimum atomic E-state index is -4.41. The Kier molecular flexibility index (Phi) is 5.57. The van der Waals surface area contributed by atoms with Crippen LogP contribution < -0.4 is 0 Å². The maximum Gasteiger partial charge on any atom is 0.416 e. The zero-order valence-corrected chi connectivity index (χ0v) is 14.8. The zero-order valence-electron chi connectivity index (χ0n) is 14.8. The van der Waals surface area contributed by atoms with Crippen LogP contribution in [-0.2, 0) is 10.9 Å². The molecule has 0 radical (unpaired) electrons. The van der Waals surface area contributed by atoms with E-state index in [1.54, 1.807) is 6.07 Å². The number of nitrogens with zero attached hydrogens (tertiary/aromatic N) is 5. The summed E-state index contributed by atoms with van der Waals surface area (Å²) in [5, 5.41) is 11.9. The Morgan fingerprint density at radius 2 is 1.92 bits per heavy atom. The number of ether oxygens (including phenoxy) is 1. The summed E-state index contributed by atoms with van der Waals surface area (Å²) in [6, 6.07) is 4.99. The van der Waals surface area contributed by atoms with Gasteiger partial charge in [0.15, 0.2) is 5.82 Å². The van der Waals surface area contributed by atoms with Crippen molar-refractivity contribution in [3.63, 3.8) is 0 Å². The van der Waals surface area contributed by atoms with Crippen LogP contribution in [0.3, 0.4) is 0 Å². The first-order chi connectivity index (χ1) is 12.4. The lowest BCUT2D eigenvalue weighted by Crippen LogP contribution is -2.40. The van der Waals surface area contributed by atoms with Crippen LogP contribution in [0.25, 0.3) is 5.69 Å². The van der Waals surface area contributed by atoms with Crippen LogP contribution in [0.5, 0.6) is 0 Å². The first-order valence-corrected chi connectivity index (χ1v) is 8.64. The van der Waals surface area contributed by atoms with Crippen molar-refractivity contribution in [1.82, 2.24) is 25.1 Å². The van der Waals surface area contributed by atoms with Gasteiger partial charge in [0.2, 0.25) is 0 Å². The molecule has 0 saturated carbocycles. The number of aromatic nitrogens is 4. The fourth-order valence-corrected chi connectivity index (χ4v) is 3.15. The van der Waals surface area contributed by atoms with E-state index in [0.717, 1.165) is 31.6 Å². The van der Waals surface area contributed by atoms with Gasteiger partial charge in [0.05, 0.1) is 30.5 Å². The molecule has 0 N–H and O–H groups in total. The van der Waals surface area contributed by atoms with Gasteiger partial charge in [-0.3, -0.25) is 4.90 Å². The summed E-state index contributed by atoms with van der Waals surface area (Å²) >= 11 is 0. The second kappa shape index (κ2) is 7.71. The molecule has 1 aliphatic heterocycles. The molecule has 0 aliphatic carbocycles. The number of hydrogen-bond donors (Lipinski definition) is 0. The third kappa shape index (κ3) is 4.21. The number of alkyl halides is 3. The van der Waals surface area contributed by atoms with Gasteiger partial charge < -0.3 is 4.74 Å². The first kappa shape index (κ1) is 18.8. The van der Waals surface area contributed by atoms with Crippen molar-refractivity contribution in [2.75, 3.05) is 26.3 Å². The topological polar surface area (TPSA) is 56.1 Å². The third-order valence-electron chi connectivity index (χ3n) is 4.39. The summed E-state index contributed by atoms with van der Waals surface area (Å²) in [6.45, 7) is 6.94. The van der Waals surface area contributed by atoms with E-state index >= 15 is 0 Å². The molecule has 26 heavy (non-hydrogen) atoms. The van der Waals surface area contributed by atoms with E-state index in [1.807, 2.05) is 0 Å². The van der Waals surface area contributed by atoms with Gasteiger partial charge in [-0.15, -0.1) is 5.10 Å². The summed E-state index contributed by atoms with van der Waals surface area (Å²) in [5.74, 6) is 0.939. The highest BCUT2D eigenvalue weighted by Gasteiger charge is 2.32. The fraction of sp³-hybridized carbons (Fsp3) is 0.588. The summed E-state index contributed by atoms with van der Waals surface area (Å²) < 4.78 is 46.0. The Hall–Kier alpha value is -2.00. The standard InChI is InChI=1S/C17H22F3N5O/c1-12(2)10-15(24-6-8-26-9-7-24)16-21-22-23-25(16)14-5-3-4-13(11-14)17(18,19)20/h3-5,11-12,15H,6-10H2,1-2H3/t15-/m1/s1. The van der Waals surface area contributed by atoms with Crippen molar-refractivity contribution < 1.29 is 17.9 Å². The molecule has 1 aliphatic rings. The maximum atomic E-state index is 13.0. The minimum Gasteiger partial charge on any atom is -0.379 e. The monoisotopic (exact) mass is 369 g/mol. The van der Waals surface area contributed by atoms with Crippen LogP contribution in [0.1, 0.15) is 37.7 Å². The maximum absolute atomic E-state index is 13.0. The summed E-state index contributed by atoms with van der Waals surface area (Å²) in [6.07, 6.45) is -3.61. The van der Waals surface area contributed by atoms with Crippen molar-refractivity contribution in [2.45, 2.75) is 32.5 Å². The molecule has 9 heteroatoms. The molecular weight excluding hydrogens is 347 g/mol. The lowest BCUT2D eigenvalue weighted by Gasteiger charge is -2.34. The largest absolute Gasteiger partial charge is 0.416 e. The molecule has 0 spiro atoms. The van der Waals surface area contributed by atoms with Crippen LogP contribution in [0.2, 0.25) is 0 Å². The fourth-order valence-electron chi connectivity index (χ4n) is 3.15. The zero-order chi connectivity index (χ0) is 18.7. The van der Waals surface area contributed by atoms with Crippen molar-refractivity contribution in [3.8, 4) is 5.69 Å². The Morgan fingerprint density at radius 1 is 1.19 bits per heavy atom. The van der Waals surface area contributed by atoms with Crippen LogP contribution in [0.4, 0.5) is 13.2 Å². The average Bonchev–Trinajstić information content (AvgIpc) is 3.09. The minimum absolute atomic E-state index is 0.0801. The van der Waals surface area contributed by atoms with E-state index in [-0.39, 0.29) is 6.04 Å². The second-order valence-corrected chi connectivity index (χ2v) is 6.79. The molecule has 1 atom stereocenters. The molecule has 1 aromatic heterocycles. The van der Waals surface area contributed by atoms with Crippen molar-refractivity contribution in [3.05, 3.63) is 35.7 Å². The number of tetrazole rings is 1. The average molecular weight is 369 g/mol. The molecule has 1 saturated heterocycles. The van der Waals surface area contributed by atoms with Crippen LogP contribution >= 0.6 is 0 Å². The molecule has 0 unspecified atom stereocenters. The molecule has 1 fully saturated rings. The van der Waals surface area contributed by atoms with E-state index in [4.69, 9.17) is 4.74 Å². The van der Waals surface area contributed by atoms with Gasteiger partial charge in [-0.25, -0.2) is 0 Å². The van der Waals surface area contributed by atoms with Crippen molar-refractivity contribution >= 4 is 0 Å². The van der Waals surface area contributed by atoms with Gasteiger partial charge in [-0.2, -0.15) is 17.9 Å². The highest BCUT2D eigenvalue weighted by molar-refractivity contribution is 5.37. The Labute approximate surface area is 149 Å². The smallest absolute Gasteiger partial charge is 0.379 e. The first-order valence-electron chi connectivity index (χ1n) is 8.64. The summed E-state index contributed by atoms with van der Waals surface area (Å²) in [4.78, 5) is 2.24. The molecule has 3 rings (SSSR count). The Bertz CT molecular complexity index is 725. The molecule has 142 valence electrons.